The molecule has 0 aliphatic carbocycles. The number of rotatable bonds is 14. The zero-order valence-electron chi connectivity index (χ0n) is 16.2. The molecule has 0 bridgehead atoms. The smallest absolute Gasteiger partial charge is 0.345 e. The van der Waals surface area contributed by atoms with Crippen molar-refractivity contribution in [1.29, 1.82) is 0 Å². The van der Waals surface area contributed by atoms with Gasteiger partial charge in [-0.15, -0.1) is 0 Å². The molecule has 3 unspecified atom stereocenters. The summed E-state index contributed by atoms with van der Waals surface area (Å²) in [5, 5.41) is 9.73. The molecule has 3 atom stereocenters. The van der Waals surface area contributed by atoms with Crippen LogP contribution in [0.5, 0.6) is 0 Å². The van der Waals surface area contributed by atoms with Gasteiger partial charge in [-0.2, -0.15) is 0 Å². The summed E-state index contributed by atoms with van der Waals surface area (Å²) < 4.78 is 14.8. The lowest BCUT2D eigenvalue weighted by atomic mass is 10.1. The lowest BCUT2D eigenvalue weighted by Gasteiger charge is -2.17. The van der Waals surface area contributed by atoms with Crippen molar-refractivity contribution in [2.45, 2.75) is 69.3 Å². The SMILES string of the molecule is COC(CC(=O)OCCCCCC1CCSS1)C(=O)OC(CC(C)=O)C(=O)O. The normalized spacial score (nSPS) is 18.3. The van der Waals surface area contributed by atoms with Crippen molar-refractivity contribution in [3.8, 4) is 0 Å². The van der Waals surface area contributed by atoms with Crippen molar-refractivity contribution in [2.75, 3.05) is 19.5 Å². The average molecular weight is 437 g/mol. The molecule has 160 valence electrons. The summed E-state index contributed by atoms with van der Waals surface area (Å²) in [6.45, 7) is 1.46. The number of aliphatic carboxylic acids is 1. The van der Waals surface area contributed by atoms with Gasteiger partial charge in [0, 0.05) is 18.1 Å². The third kappa shape index (κ3) is 10.3. The third-order valence-corrected chi connectivity index (χ3v) is 7.07. The van der Waals surface area contributed by atoms with Crippen LogP contribution in [0, 0.1) is 0 Å². The fourth-order valence-corrected chi connectivity index (χ4v) is 5.56. The van der Waals surface area contributed by atoms with E-state index in [9.17, 15) is 19.2 Å². The molecule has 0 radical (unpaired) electrons. The second-order valence-electron chi connectivity index (χ2n) is 6.50. The lowest BCUT2D eigenvalue weighted by molar-refractivity contribution is -0.174. The molecular formula is C18H28O8S2. The number of ether oxygens (including phenoxy) is 3. The van der Waals surface area contributed by atoms with Gasteiger partial charge in [0.2, 0.25) is 6.10 Å². The number of carbonyl (C=O) groups is 4. The van der Waals surface area contributed by atoms with Gasteiger partial charge in [-0.3, -0.25) is 9.59 Å². The molecule has 1 N–H and O–H groups in total. The maximum absolute atomic E-state index is 12.0. The molecular weight excluding hydrogens is 408 g/mol. The molecule has 1 saturated heterocycles. The molecule has 1 aliphatic rings. The number of esters is 2. The fourth-order valence-electron chi connectivity index (χ4n) is 2.53. The van der Waals surface area contributed by atoms with E-state index in [0.29, 0.717) is 0 Å². The molecule has 8 nitrogen and oxygen atoms in total. The molecule has 0 aromatic carbocycles. The Hall–Kier alpha value is -1.26. The topological polar surface area (TPSA) is 116 Å². The number of Topliss-reactive ketones (excluding diaryl/α,β-unsaturated/α-hetero) is 1. The number of ketones is 1. The van der Waals surface area contributed by atoms with Crippen molar-refractivity contribution in [3.05, 3.63) is 0 Å². The van der Waals surface area contributed by atoms with Crippen LogP contribution in [0.4, 0.5) is 0 Å². The van der Waals surface area contributed by atoms with Crippen LogP contribution in [-0.4, -0.2) is 65.7 Å². The highest BCUT2D eigenvalue weighted by Gasteiger charge is 2.30. The summed E-state index contributed by atoms with van der Waals surface area (Å²) in [7, 11) is 5.08. The van der Waals surface area contributed by atoms with Crippen molar-refractivity contribution in [3.63, 3.8) is 0 Å². The zero-order chi connectivity index (χ0) is 20.9. The van der Waals surface area contributed by atoms with Crippen molar-refractivity contribution in [1.82, 2.24) is 0 Å². The molecule has 0 spiro atoms. The van der Waals surface area contributed by atoms with Crippen LogP contribution >= 0.6 is 21.6 Å². The predicted octanol–water partition coefficient (Wildman–Crippen LogP) is 2.62. The summed E-state index contributed by atoms with van der Waals surface area (Å²) in [5.74, 6) is -2.28. The number of hydrogen-bond donors (Lipinski definition) is 1. The lowest BCUT2D eigenvalue weighted by Crippen LogP contribution is -2.36. The van der Waals surface area contributed by atoms with Gasteiger partial charge in [-0.05, 0) is 26.2 Å². The number of hydrogen-bond acceptors (Lipinski definition) is 9. The first kappa shape index (κ1) is 24.8. The van der Waals surface area contributed by atoms with Crippen molar-refractivity contribution >= 4 is 45.3 Å². The summed E-state index contributed by atoms with van der Waals surface area (Å²) in [5.41, 5.74) is 0. The molecule has 0 saturated carbocycles. The summed E-state index contributed by atoms with van der Waals surface area (Å²) in [6, 6.07) is 0. The van der Waals surface area contributed by atoms with Gasteiger partial charge in [-0.1, -0.05) is 34.4 Å². The fraction of sp³-hybridized carbons (Fsp3) is 0.778. The van der Waals surface area contributed by atoms with Crippen molar-refractivity contribution < 1.29 is 38.5 Å². The van der Waals surface area contributed by atoms with E-state index >= 15 is 0 Å². The molecule has 10 heteroatoms. The molecule has 1 aliphatic heterocycles. The summed E-state index contributed by atoms with van der Waals surface area (Å²) >= 11 is 0. The average Bonchev–Trinajstić information content (AvgIpc) is 3.14. The zero-order valence-corrected chi connectivity index (χ0v) is 17.9. The maximum Gasteiger partial charge on any atom is 0.345 e. The molecule has 28 heavy (non-hydrogen) atoms. The first-order valence-corrected chi connectivity index (χ1v) is 11.6. The van der Waals surface area contributed by atoms with Crippen molar-refractivity contribution in [2.24, 2.45) is 0 Å². The minimum atomic E-state index is -1.60. The number of unbranched alkanes of at least 4 members (excludes halogenated alkanes) is 2. The summed E-state index contributed by atoms with van der Waals surface area (Å²) in [6.07, 6.45) is 1.54. The Balaban J connectivity index is 2.25. The van der Waals surface area contributed by atoms with Crippen LogP contribution in [0.15, 0.2) is 0 Å². The molecule has 1 rings (SSSR count). The van der Waals surface area contributed by atoms with E-state index in [1.807, 2.05) is 21.6 Å². The van der Waals surface area contributed by atoms with Crippen LogP contribution in [0.25, 0.3) is 0 Å². The highest BCUT2D eigenvalue weighted by molar-refractivity contribution is 8.77. The highest BCUT2D eigenvalue weighted by atomic mass is 33.1. The molecule has 0 aromatic rings. The van der Waals surface area contributed by atoms with Crippen LogP contribution in [0.2, 0.25) is 0 Å². The first-order valence-electron chi connectivity index (χ1n) is 9.23. The van der Waals surface area contributed by atoms with E-state index < -0.39 is 42.3 Å². The largest absolute Gasteiger partial charge is 0.478 e. The van der Waals surface area contributed by atoms with E-state index in [1.54, 1.807) is 0 Å². The van der Waals surface area contributed by atoms with E-state index in [1.165, 1.54) is 32.6 Å². The number of carboxylic acid groups (broad SMARTS) is 1. The molecule has 0 amide bonds. The number of methoxy groups -OCH3 is 1. The van der Waals surface area contributed by atoms with Gasteiger partial charge in [0.15, 0.2) is 6.10 Å². The Morgan fingerprint density at radius 2 is 1.86 bits per heavy atom. The number of carboxylic acids is 1. The Morgan fingerprint density at radius 1 is 1.11 bits per heavy atom. The van der Waals surface area contributed by atoms with Crippen LogP contribution in [-0.2, 0) is 33.4 Å². The monoisotopic (exact) mass is 436 g/mol. The van der Waals surface area contributed by atoms with E-state index in [-0.39, 0.29) is 13.0 Å². The van der Waals surface area contributed by atoms with E-state index in [0.717, 1.165) is 24.5 Å². The van der Waals surface area contributed by atoms with Gasteiger partial charge < -0.3 is 19.3 Å². The van der Waals surface area contributed by atoms with Crippen LogP contribution in [0.3, 0.4) is 0 Å². The quantitative estimate of drug-likeness (QED) is 0.247. The van der Waals surface area contributed by atoms with Crippen LogP contribution in [0.1, 0.15) is 51.9 Å². The Morgan fingerprint density at radius 3 is 2.43 bits per heavy atom. The third-order valence-electron chi connectivity index (χ3n) is 4.07. The van der Waals surface area contributed by atoms with E-state index in [2.05, 4.69) is 0 Å². The van der Waals surface area contributed by atoms with Gasteiger partial charge in [0.25, 0.3) is 0 Å². The minimum Gasteiger partial charge on any atom is -0.478 e. The predicted molar refractivity (Wildman–Crippen MR) is 106 cm³/mol. The second kappa shape index (κ2) is 13.8. The number of carbonyl (C=O) groups excluding carboxylic acids is 3. The Labute approximate surface area is 172 Å². The standard InChI is InChI=1S/C18H28O8S2/c1-12(19)10-14(17(21)22)26-18(23)15(24-2)11-16(20)25-8-5-3-4-6-13-7-9-27-28-13/h13-15H,3-11H2,1-2H3,(H,21,22). The van der Waals surface area contributed by atoms with Gasteiger partial charge in [0.1, 0.15) is 5.78 Å². The molecule has 1 heterocycles. The molecule has 0 aromatic heterocycles. The van der Waals surface area contributed by atoms with E-state index in [4.69, 9.17) is 19.3 Å². The maximum atomic E-state index is 12.0. The highest BCUT2D eigenvalue weighted by Crippen LogP contribution is 2.39. The first-order chi connectivity index (χ1) is 13.3. The van der Waals surface area contributed by atoms with Gasteiger partial charge in [-0.25, -0.2) is 9.59 Å². The van der Waals surface area contributed by atoms with Gasteiger partial charge in [0.05, 0.1) is 19.4 Å². The molecule has 1 fully saturated rings. The van der Waals surface area contributed by atoms with Crippen LogP contribution < -0.4 is 0 Å². The van der Waals surface area contributed by atoms with Gasteiger partial charge >= 0.3 is 17.9 Å². The summed E-state index contributed by atoms with van der Waals surface area (Å²) in [4.78, 5) is 46.0. The Kier molecular flexibility index (Phi) is 12.2. The second-order valence-corrected chi connectivity index (χ2v) is 9.28. The minimum absolute atomic E-state index is 0.263. The Bertz CT molecular complexity index is 534.